The Kier molecular flexibility index (Phi) is 5.22. The number of para-hydroxylation sites is 1. The molecule has 0 radical (unpaired) electrons. The molecule has 8 heteroatoms. The van der Waals surface area contributed by atoms with E-state index in [1.54, 1.807) is 24.3 Å². The van der Waals surface area contributed by atoms with Crippen LogP contribution in [0.4, 0.5) is 15.8 Å². The Morgan fingerprint density at radius 3 is 2.24 bits per heavy atom. The molecule has 168 valence electrons. The number of anilines is 2. The maximum atomic E-state index is 13.6. The smallest absolute Gasteiger partial charge is 0.266 e. The molecular formula is C25H21FN2O5. The van der Waals surface area contributed by atoms with Gasteiger partial charge >= 0.3 is 0 Å². The number of amides is 2. The van der Waals surface area contributed by atoms with Gasteiger partial charge in [0.1, 0.15) is 23.2 Å². The number of hydroxylamine groups is 1. The lowest BCUT2D eigenvalue weighted by atomic mass is 9.90. The molecule has 0 spiro atoms. The second-order valence-electron chi connectivity index (χ2n) is 7.75. The summed E-state index contributed by atoms with van der Waals surface area (Å²) in [5, 5.41) is 1.59. The van der Waals surface area contributed by atoms with Gasteiger partial charge in [-0.1, -0.05) is 18.2 Å². The number of carbonyl (C=O) groups is 2. The van der Waals surface area contributed by atoms with E-state index in [9.17, 15) is 14.0 Å². The summed E-state index contributed by atoms with van der Waals surface area (Å²) in [6.45, 7) is 0. The lowest BCUT2D eigenvalue weighted by Gasteiger charge is -2.29. The molecule has 2 fully saturated rings. The molecule has 2 amide bonds. The van der Waals surface area contributed by atoms with Crippen molar-refractivity contribution in [3.63, 3.8) is 0 Å². The van der Waals surface area contributed by atoms with Gasteiger partial charge in [-0.15, -0.1) is 0 Å². The van der Waals surface area contributed by atoms with Crippen LogP contribution >= 0.6 is 0 Å². The van der Waals surface area contributed by atoms with E-state index in [0.717, 1.165) is 4.90 Å². The fourth-order valence-electron chi connectivity index (χ4n) is 4.44. The van der Waals surface area contributed by atoms with Crippen molar-refractivity contribution in [1.82, 2.24) is 0 Å². The van der Waals surface area contributed by atoms with Gasteiger partial charge in [0.25, 0.3) is 5.91 Å². The zero-order chi connectivity index (χ0) is 23.1. The molecule has 2 aliphatic heterocycles. The summed E-state index contributed by atoms with van der Waals surface area (Å²) in [6, 6.07) is 19.2. The number of hydrogen-bond acceptors (Lipinski definition) is 6. The molecule has 5 rings (SSSR count). The fourth-order valence-corrected chi connectivity index (χ4v) is 4.44. The van der Waals surface area contributed by atoms with Crippen LogP contribution in [-0.2, 0) is 14.4 Å². The molecule has 0 bridgehead atoms. The molecule has 7 nitrogen and oxygen atoms in total. The van der Waals surface area contributed by atoms with E-state index in [2.05, 4.69) is 0 Å². The summed E-state index contributed by atoms with van der Waals surface area (Å²) < 4.78 is 24.3. The first-order valence-electron chi connectivity index (χ1n) is 10.4. The van der Waals surface area contributed by atoms with Crippen LogP contribution in [0.3, 0.4) is 0 Å². The number of hydrogen-bond donors (Lipinski definition) is 0. The maximum Gasteiger partial charge on any atom is 0.266 e. The van der Waals surface area contributed by atoms with Crippen molar-refractivity contribution in [2.45, 2.75) is 12.1 Å². The van der Waals surface area contributed by atoms with Gasteiger partial charge < -0.3 is 9.47 Å². The van der Waals surface area contributed by atoms with Gasteiger partial charge in [-0.2, -0.15) is 0 Å². The molecule has 3 aromatic carbocycles. The van der Waals surface area contributed by atoms with Crippen LogP contribution in [0.15, 0.2) is 72.8 Å². The predicted octanol–water partition coefficient (Wildman–Crippen LogP) is 3.89. The Balaban J connectivity index is 1.62. The number of rotatable bonds is 5. The van der Waals surface area contributed by atoms with E-state index >= 15 is 0 Å². The zero-order valence-electron chi connectivity index (χ0n) is 18.0. The van der Waals surface area contributed by atoms with E-state index in [1.165, 1.54) is 31.4 Å². The van der Waals surface area contributed by atoms with Crippen molar-refractivity contribution in [3.05, 3.63) is 84.2 Å². The van der Waals surface area contributed by atoms with Gasteiger partial charge in [-0.25, -0.2) is 14.4 Å². The third-order valence-electron chi connectivity index (χ3n) is 5.97. The van der Waals surface area contributed by atoms with Crippen molar-refractivity contribution < 1.29 is 28.3 Å². The Morgan fingerprint density at radius 2 is 1.58 bits per heavy atom. The van der Waals surface area contributed by atoms with Gasteiger partial charge in [0, 0.05) is 11.6 Å². The summed E-state index contributed by atoms with van der Waals surface area (Å²) in [7, 11) is 3.09. The molecule has 3 atom stereocenters. The highest BCUT2D eigenvalue weighted by Gasteiger charge is 2.60. The first kappa shape index (κ1) is 21.0. The van der Waals surface area contributed by atoms with Crippen LogP contribution in [0.2, 0.25) is 0 Å². The molecule has 3 aromatic rings. The number of nitrogens with zero attached hydrogens (tertiary/aromatic N) is 2. The van der Waals surface area contributed by atoms with E-state index in [1.807, 2.05) is 36.4 Å². The molecular weight excluding hydrogens is 427 g/mol. The predicted molar refractivity (Wildman–Crippen MR) is 118 cm³/mol. The zero-order valence-corrected chi connectivity index (χ0v) is 18.0. The topological polar surface area (TPSA) is 68.3 Å². The minimum absolute atomic E-state index is 0.302. The van der Waals surface area contributed by atoms with Crippen LogP contribution in [0.1, 0.15) is 11.6 Å². The first-order chi connectivity index (χ1) is 16.0. The molecule has 2 saturated heterocycles. The van der Waals surface area contributed by atoms with E-state index in [0.29, 0.717) is 28.4 Å². The van der Waals surface area contributed by atoms with Gasteiger partial charge in [0.15, 0.2) is 6.10 Å². The van der Waals surface area contributed by atoms with Gasteiger partial charge in [-0.05, 0) is 48.5 Å². The van der Waals surface area contributed by atoms with Crippen LogP contribution in [0, 0.1) is 11.7 Å². The largest absolute Gasteiger partial charge is 0.497 e. The van der Waals surface area contributed by atoms with Gasteiger partial charge in [-0.3, -0.25) is 14.4 Å². The second-order valence-corrected chi connectivity index (χ2v) is 7.75. The average Bonchev–Trinajstić information content (AvgIpc) is 3.35. The lowest BCUT2D eigenvalue weighted by Crippen LogP contribution is -2.37. The standard InChI is InChI=1S/C25H21FN2O5/c1-31-18-12-13-19(20(14-18)32-2)22-21-23(33-28(22)17-6-4-3-5-7-17)25(30)27(24(21)29)16-10-8-15(26)9-11-16/h3-14,21-23H,1-2H3/t21-,22+,23-/m0/s1. The Labute approximate surface area is 189 Å². The van der Waals surface area contributed by atoms with E-state index < -0.39 is 35.7 Å². The number of carbonyl (C=O) groups excluding carboxylic acids is 2. The van der Waals surface area contributed by atoms with Crippen LogP contribution in [0.25, 0.3) is 0 Å². The summed E-state index contributed by atoms with van der Waals surface area (Å²) in [6.07, 6.45) is -1.03. The number of ether oxygens (including phenoxy) is 2. The average molecular weight is 448 g/mol. The number of fused-ring (bicyclic) bond motifs is 1. The SMILES string of the molecule is COc1ccc([C@@H]2[C@@H]3C(=O)N(c4ccc(F)cc4)C(=O)[C@H]3ON2c2ccccc2)c(OC)c1. The minimum Gasteiger partial charge on any atom is -0.497 e. The summed E-state index contributed by atoms with van der Waals surface area (Å²) in [5.41, 5.74) is 1.68. The molecule has 33 heavy (non-hydrogen) atoms. The third-order valence-corrected chi connectivity index (χ3v) is 5.97. The van der Waals surface area contributed by atoms with Crippen molar-refractivity contribution in [1.29, 1.82) is 0 Å². The van der Waals surface area contributed by atoms with Crippen LogP contribution < -0.4 is 19.4 Å². The first-order valence-corrected chi connectivity index (χ1v) is 10.4. The lowest BCUT2D eigenvalue weighted by molar-refractivity contribution is -0.126. The summed E-state index contributed by atoms with van der Waals surface area (Å²) in [4.78, 5) is 34.1. The molecule has 2 aliphatic rings. The summed E-state index contributed by atoms with van der Waals surface area (Å²) >= 11 is 0. The van der Waals surface area contributed by atoms with Crippen LogP contribution in [0.5, 0.6) is 11.5 Å². The summed E-state index contributed by atoms with van der Waals surface area (Å²) in [5.74, 6) is -1.09. The Hall–Kier alpha value is -3.91. The Morgan fingerprint density at radius 1 is 0.848 bits per heavy atom. The normalized spacial score (nSPS) is 22.0. The molecule has 2 heterocycles. The molecule has 0 aromatic heterocycles. The Bertz CT molecular complexity index is 1200. The molecule has 0 saturated carbocycles. The molecule has 0 unspecified atom stereocenters. The van der Waals surface area contributed by atoms with Crippen molar-refractivity contribution in [2.24, 2.45) is 5.92 Å². The van der Waals surface area contributed by atoms with Crippen molar-refractivity contribution >= 4 is 23.2 Å². The monoisotopic (exact) mass is 448 g/mol. The highest BCUT2D eigenvalue weighted by molar-refractivity contribution is 6.23. The third kappa shape index (κ3) is 3.39. The number of methoxy groups -OCH3 is 2. The highest BCUT2D eigenvalue weighted by Crippen LogP contribution is 2.49. The minimum atomic E-state index is -1.03. The highest BCUT2D eigenvalue weighted by atomic mass is 19.1. The van der Waals surface area contributed by atoms with E-state index in [-0.39, 0.29) is 0 Å². The van der Waals surface area contributed by atoms with Crippen molar-refractivity contribution in [2.75, 3.05) is 24.2 Å². The van der Waals surface area contributed by atoms with E-state index in [4.69, 9.17) is 14.3 Å². The number of imide groups is 1. The van der Waals surface area contributed by atoms with Crippen LogP contribution in [-0.4, -0.2) is 32.1 Å². The van der Waals surface area contributed by atoms with Crippen molar-refractivity contribution in [3.8, 4) is 11.5 Å². The van der Waals surface area contributed by atoms with Gasteiger partial charge in [0.05, 0.1) is 31.6 Å². The second kappa shape index (κ2) is 8.22. The maximum absolute atomic E-state index is 13.6. The van der Waals surface area contributed by atoms with Gasteiger partial charge in [0.2, 0.25) is 5.91 Å². The number of halogens is 1. The molecule has 0 aliphatic carbocycles. The fraction of sp³-hybridized carbons (Fsp3) is 0.200. The quantitative estimate of drug-likeness (QED) is 0.552. The molecule has 0 N–H and O–H groups in total. The number of benzene rings is 3.